The molecular formula is C21H23N. The van der Waals surface area contributed by atoms with Crippen LogP contribution in [-0.4, -0.2) is 0 Å². The van der Waals surface area contributed by atoms with E-state index in [-0.39, 0.29) is 0 Å². The minimum atomic E-state index is 0.331. The van der Waals surface area contributed by atoms with Gasteiger partial charge in [0.05, 0.1) is 0 Å². The number of hydrogen-bond donors (Lipinski definition) is 1. The van der Waals surface area contributed by atoms with E-state index < -0.39 is 0 Å². The third-order valence-corrected chi connectivity index (χ3v) is 4.33. The minimum Gasteiger partial charge on any atom is -0.306 e. The van der Waals surface area contributed by atoms with E-state index in [9.17, 15) is 0 Å². The summed E-state index contributed by atoms with van der Waals surface area (Å²) in [6, 6.07) is 24.4. The van der Waals surface area contributed by atoms with Gasteiger partial charge in [-0.1, -0.05) is 73.7 Å². The van der Waals surface area contributed by atoms with Crippen molar-refractivity contribution < 1.29 is 0 Å². The molecule has 0 aliphatic rings. The van der Waals surface area contributed by atoms with Crippen LogP contribution in [0.2, 0.25) is 0 Å². The second-order valence-electron chi connectivity index (χ2n) is 5.84. The van der Waals surface area contributed by atoms with Crippen LogP contribution >= 0.6 is 0 Å². The number of benzene rings is 3. The summed E-state index contributed by atoms with van der Waals surface area (Å²) in [5, 5.41) is 6.29. The van der Waals surface area contributed by atoms with Crippen LogP contribution in [-0.2, 0) is 13.0 Å². The molecule has 0 saturated carbocycles. The maximum absolute atomic E-state index is 3.64. The zero-order chi connectivity index (χ0) is 15.4. The lowest BCUT2D eigenvalue weighted by molar-refractivity contribution is 0.578. The highest BCUT2D eigenvalue weighted by atomic mass is 14.9. The summed E-state index contributed by atoms with van der Waals surface area (Å²) >= 11 is 0. The van der Waals surface area contributed by atoms with Crippen molar-refractivity contribution in [1.29, 1.82) is 0 Å². The van der Waals surface area contributed by atoms with Crippen molar-refractivity contribution in [2.75, 3.05) is 0 Å². The number of nitrogens with one attached hydrogen (secondary N) is 1. The Labute approximate surface area is 133 Å². The first-order valence-electron chi connectivity index (χ1n) is 8.07. The van der Waals surface area contributed by atoms with Crippen LogP contribution in [0.25, 0.3) is 10.8 Å². The van der Waals surface area contributed by atoms with Gasteiger partial charge in [-0.05, 0) is 40.8 Å². The highest BCUT2D eigenvalue weighted by molar-refractivity contribution is 5.86. The van der Waals surface area contributed by atoms with Crippen LogP contribution < -0.4 is 5.32 Å². The standard InChI is InChI=1S/C21H23N/c1-3-17-11-13-18(14-12-17)15-22-16(2)20-10-6-8-19-7-4-5-9-21(19)20/h4-14,16,22H,3,15H2,1-2H3/t16-/m1/s1. The largest absolute Gasteiger partial charge is 0.306 e. The minimum absolute atomic E-state index is 0.331. The molecule has 3 rings (SSSR count). The zero-order valence-corrected chi connectivity index (χ0v) is 13.3. The third kappa shape index (κ3) is 3.20. The van der Waals surface area contributed by atoms with Gasteiger partial charge in [-0.25, -0.2) is 0 Å². The van der Waals surface area contributed by atoms with Crippen LogP contribution in [0.1, 0.15) is 36.6 Å². The molecular weight excluding hydrogens is 266 g/mol. The first-order valence-corrected chi connectivity index (χ1v) is 8.07. The van der Waals surface area contributed by atoms with Crippen molar-refractivity contribution >= 4 is 10.8 Å². The average molecular weight is 289 g/mol. The van der Waals surface area contributed by atoms with Gasteiger partial charge < -0.3 is 5.32 Å². The molecule has 3 aromatic carbocycles. The van der Waals surface area contributed by atoms with E-state index in [0.29, 0.717) is 6.04 Å². The van der Waals surface area contributed by atoms with Gasteiger partial charge in [0.15, 0.2) is 0 Å². The van der Waals surface area contributed by atoms with Crippen molar-refractivity contribution in [3.8, 4) is 0 Å². The quantitative estimate of drug-likeness (QED) is 0.676. The fraction of sp³-hybridized carbons (Fsp3) is 0.238. The van der Waals surface area contributed by atoms with E-state index in [1.54, 1.807) is 0 Å². The van der Waals surface area contributed by atoms with E-state index >= 15 is 0 Å². The molecule has 112 valence electrons. The second-order valence-corrected chi connectivity index (χ2v) is 5.84. The molecule has 0 bridgehead atoms. The van der Waals surface area contributed by atoms with E-state index in [1.165, 1.54) is 27.5 Å². The van der Waals surface area contributed by atoms with Crippen molar-refractivity contribution in [2.45, 2.75) is 32.9 Å². The third-order valence-electron chi connectivity index (χ3n) is 4.33. The Morgan fingerprint density at radius 2 is 1.50 bits per heavy atom. The van der Waals surface area contributed by atoms with Gasteiger partial charge in [-0.3, -0.25) is 0 Å². The van der Waals surface area contributed by atoms with Crippen LogP contribution in [0, 0.1) is 0 Å². The zero-order valence-electron chi connectivity index (χ0n) is 13.3. The molecule has 1 atom stereocenters. The molecule has 0 spiro atoms. The predicted octanol–water partition coefficient (Wildman–Crippen LogP) is 5.25. The molecule has 22 heavy (non-hydrogen) atoms. The van der Waals surface area contributed by atoms with Crippen molar-refractivity contribution in [3.63, 3.8) is 0 Å². The van der Waals surface area contributed by atoms with Crippen LogP contribution in [0.4, 0.5) is 0 Å². The van der Waals surface area contributed by atoms with E-state index in [2.05, 4.69) is 85.9 Å². The van der Waals surface area contributed by atoms with Gasteiger partial charge >= 0.3 is 0 Å². The SMILES string of the molecule is CCc1ccc(CN[C@H](C)c2cccc3ccccc23)cc1. The molecule has 1 nitrogen and oxygen atoms in total. The van der Waals surface area contributed by atoms with Crippen molar-refractivity contribution in [2.24, 2.45) is 0 Å². The van der Waals surface area contributed by atoms with Gasteiger partial charge in [0.2, 0.25) is 0 Å². The number of rotatable bonds is 5. The van der Waals surface area contributed by atoms with E-state index in [1.807, 2.05) is 0 Å². The smallest absolute Gasteiger partial charge is 0.0301 e. The first kappa shape index (κ1) is 14.8. The lowest BCUT2D eigenvalue weighted by atomic mass is 9.99. The summed E-state index contributed by atoms with van der Waals surface area (Å²) in [5.74, 6) is 0. The second kappa shape index (κ2) is 6.76. The summed E-state index contributed by atoms with van der Waals surface area (Å²) in [4.78, 5) is 0. The molecule has 0 unspecified atom stereocenters. The molecule has 0 fully saturated rings. The molecule has 0 amide bonds. The topological polar surface area (TPSA) is 12.0 Å². The fourth-order valence-electron chi connectivity index (χ4n) is 2.90. The number of aryl methyl sites for hydroxylation is 1. The molecule has 0 heterocycles. The molecule has 0 aromatic heterocycles. The van der Waals surface area contributed by atoms with Gasteiger partial charge in [0.1, 0.15) is 0 Å². The maximum atomic E-state index is 3.64. The van der Waals surface area contributed by atoms with Gasteiger partial charge in [-0.15, -0.1) is 0 Å². The summed E-state index contributed by atoms with van der Waals surface area (Å²) in [7, 11) is 0. The van der Waals surface area contributed by atoms with Crippen molar-refractivity contribution in [1.82, 2.24) is 5.32 Å². The van der Waals surface area contributed by atoms with E-state index in [0.717, 1.165) is 13.0 Å². The lowest BCUT2D eigenvalue weighted by Gasteiger charge is -2.17. The molecule has 0 aliphatic heterocycles. The number of fused-ring (bicyclic) bond motifs is 1. The predicted molar refractivity (Wildman–Crippen MR) is 95.0 cm³/mol. The summed E-state index contributed by atoms with van der Waals surface area (Å²) in [6.45, 7) is 5.33. The Hall–Kier alpha value is -2.12. The van der Waals surface area contributed by atoms with Crippen molar-refractivity contribution in [3.05, 3.63) is 83.4 Å². The van der Waals surface area contributed by atoms with Gasteiger partial charge in [-0.2, -0.15) is 0 Å². The molecule has 1 heteroatoms. The fourth-order valence-corrected chi connectivity index (χ4v) is 2.90. The average Bonchev–Trinajstić information content (AvgIpc) is 2.59. The summed E-state index contributed by atoms with van der Waals surface area (Å²) in [6.07, 6.45) is 1.10. The summed E-state index contributed by atoms with van der Waals surface area (Å²) in [5.41, 5.74) is 4.10. The Morgan fingerprint density at radius 1 is 0.818 bits per heavy atom. The van der Waals surface area contributed by atoms with Crippen LogP contribution in [0.5, 0.6) is 0 Å². The Morgan fingerprint density at radius 3 is 2.27 bits per heavy atom. The van der Waals surface area contributed by atoms with Gasteiger partial charge in [0, 0.05) is 12.6 Å². The maximum Gasteiger partial charge on any atom is 0.0301 e. The van der Waals surface area contributed by atoms with Crippen LogP contribution in [0.15, 0.2) is 66.7 Å². The highest BCUT2D eigenvalue weighted by Gasteiger charge is 2.08. The number of hydrogen-bond acceptors (Lipinski definition) is 1. The molecule has 1 N–H and O–H groups in total. The molecule has 3 aromatic rings. The van der Waals surface area contributed by atoms with Gasteiger partial charge in [0.25, 0.3) is 0 Å². The summed E-state index contributed by atoms with van der Waals surface area (Å²) < 4.78 is 0. The lowest BCUT2D eigenvalue weighted by Crippen LogP contribution is -2.18. The molecule has 0 saturated heterocycles. The first-order chi connectivity index (χ1) is 10.8. The molecule has 0 aliphatic carbocycles. The monoisotopic (exact) mass is 289 g/mol. The normalized spacial score (nSPS) is 12.5. The molecule has 0 radical (unpaired) electrons. The Balaban J connectivity index is 1.74. The Bertz CT molecular complexity index is 738. The van der Waals surface area contributed by atoms with E-state index in [4.69, 9.17) is 0 Å². The Kier molecular flexibility index (Phi) is 4.55. The van der Waals surface area contributed by atoms with Crippen LogP contribution in [0.3, 0.4) is 0 Å². The highest BCUT2D eigenvalue weighted by Crippen LogP contribution is 2.24.